The zero-order valence-corrected chi connectivity index (χ0v) is 13.6. The Morgan fingerprint density at radius 3 is 2.76 bits per heavy atom. The fraction of sp³-hybridized carbons (Fsp3) is 0.100. The van der Waals surface area contributed by atoms with Crippen LogP contribution in [0.25, 0.3) is 27.7 Å². The molecule has 0 radical (unpaired) electrons. The van der Waals surface area contributed by atoms with Crippen LogP contribution in [0.4, 0.5) is 5.69 Å². The number of nitrogens with one attached hydrogen (secondary N) is 1. The van der Waals surface area contributed by atoms with E-state index in [1.807, 2.05) is 47.1 Å². The summed E-state index contributed by atoms with van der Waals surface area (Å²) in [5.41, 5.74) is 8.97. The topological polar surface area (TPSA) is 72.4 Å². The first kappa shape index (κ1) is 15.4. The Labute approximate surface area is 145 Å². The zero-order valence-electron chi connectivity index (χ0n) is 13.6. The van der Waals surface area contributed by atoms with E-state index < -0.39 is 0 Å². The number of nitrogens with two attached hydrogens (primary N) is 1. The van der Waals surface area contributed by atoms with Crippen molar-refractivity contribution in [3.8, 4) is 11.3 Å². The lowest BCUT2D eigenvalue weighted by molar-refractivity contribution is -0.116. The van der Waals surface area contributed by atoms with Crippen molar-refractivity contribution in [3.63, 3.8) is 0 Å². The van der Waals surface area contributed by atoms with Crippen LogP contribution in [0.15, 0.2) is 67.0 Å². The molecule has 0 fully saturated rings. The number of amides is 1. The molecule has 0 saturated carbocycles. The minimum atomic E-state index is -0.0868. The fourth-order valence-corrected chi connectivity index (χ4v) is 3.00. The minimum Gasteiger partial charge on any atom is -0.330 e. The van der Waals surface area contributed by atoms with E-state index in [0.717, 1.165) is 22.6 Å². The van der Waals surface area contributed by atoms with Gasteiger partial charge >= 0.3 is 0 Å². The zero-order chi connectivity index (χ0) is 17.2. The van der Waals surface area contributed by atoms with E-state index in [2.05, 4.69) is 29.6 Å². The number of benzene rings is 2. The molecule has 1 amide bonds. The highest BCUT2D eigenvalue weighted by Crippen LogP contribution is 2.28. The first-order valence-electron chi connectivity index (χ1n) is 8.21. The van der Waals surface area contributed by atoms with Gasteiger partial charge in [0, 0.05) is 30.9 Å². The molecule has 2 aromatic heterocycles. The Morgan fingerprint density at radius 2 is 1.88 bits per heavy atom. The van der Waals surface area contributed by atoms with Gasteiger partial charge < -0.3 is 15.5 Å². The van der Waals surface area contributed by atoms with Gasteiger partial charge in [0.15, 0.2) is 0 Å². The van der Waals surface area contributed by atoms with Gasteiger partial charge in [0.1, 0.15) is 5.65 Å². The maximum Gasteiger partial charge on any atom is 0.225 e. The number of hydrogen-bond donors (Lipinski definition) is 2. The fourth-order valence-electron chi connectivity index (χ4n) is 3.00. The molecule has 0 aliphatic heterocycles. The molecule has 0 aliphatic carbocycles. The molecule has 0 spiro atoms. The van der Waals surface area contributed by atoms with Gasteiger partial charge in [-0.3, -0.25) is 4.79 Å². The van der Waals surface area contributed by atoms with Crippen molar-refractivity contribution < 1.29 is 4.79 Å². The van der Waals surface area contributed by atoms with E-state index >= 15 is 0 Å². The molecule has 4 rings (SSSR count). The van der Waals surface area contributed by atoms with Crippen LogP contribution in [-0.4, -0.2) is 21.8 Å². The normalized spacial score (nSPS) is 11.1. The van der Waals surface area contributed by atoms with Crippen molar-refractivity contribution in [2.45, 2.75) is 6.42 Å². The third-order valence-corrected chi connectivity index (χ3v) is 4.17. The van der Waals surface area contributed by atoms with Crippen LogP contribution in [0.5, 0.6) is 0 Å². The van der Waals surface area contributed by atoms with Gasteiger partial charge in [0.25, 0.3) is 0 Å². The second-order valence-electron chi connectivity index (χ2n) is 5.92. The molecular weight excluding hydrogens is 312 g/mol. The quantitative estimate of drug-likeness (QED) is 0.602. The second kappa shape index (κ2) is 6.37. The molecule has 0 saturated heterocycles. The number of pyridine rings is 1. The molecule has 4 aromatic rings. The lowest BCUT2D eigenvalue weighted by Crippen LogP contribution is -2.16. The maximum absolute atomic E-state index is 11.7. The molecule has 0 unspecified atom stereocenters. The van der Waals surface area contributed by atoms with Gasteiger partial charge in [-0.25, -0.2) is 4.98 Å². The summed E-state index contributed by atoms with van der Waals surface area (Å²) in [6, 6.07) is 18.2. The third kappa shape index (κ3) is 2.97. The molecule has 5 heteroatoms. The van der Waals surface area contributed by atoms with Gasteiger partial charge in [-0.05, 0) is 22.9 Å². The predicted molar refractivity (Wildman–Crippen MR) is 100 cm³/mol. The Morgan fingerprint density at radius 1 is 1.04 bits per heavy atom. The van der Waals surface area contributed by atoms with E-state index in [9.17, 15) is 4.79 Å². The summed E-state index contributed by atoms with van der Waals surface area (Å²) in [7, 11) is 0. The summed E-state index contributed by atoms with van der Waals surface area (Å²) in [6.07, 6.45) is 4.16. The number of carbonyl (C=O) groups is 1. The van der Waals surface area contributed by atoms with Gasteiger partial charge in [0.05, 0.1) is 11.4 Å². The van der Waals surface area contributed by atoms with Crippen molar-refractivity contribution in [2.24, 2.45) is 5.73 Å². The molecule has 0 atom stereocenters. The number of rotatable bonds is 4. The monoisotopic (exact) mass is 330 g/mol. The van der Waals surface area contributed by atoms with E-state index in [-0.39, 0.29) is 5.91 Å². The number of hydrogen-bond acceptors (Lipinski definition) is 3. The molecule has 124 valence electrons. The molecule has 3 N–H and O–H groups in total. The number of fused-ring (bicyclic) bond motifs is 2. The summed E-state index contributed by atoms with van der Waals surface area (Å²) >= 11 is 0. The lowest BCUT2D eigenvalue weighted by Gasteiger charge is -2.04. The SMILES string of the molecule is NCCC(=O)Nc1ccc2nc(-c3cccc4ccccc34)cn2c1. The lowest BCUT2D eigenvalue weighted by atomic mass is 10.0. The number of imidazole rings is 1. The summed E-state index contributed by atoms with van der Waals surface area (Å²) in [4.78, 5) is 16.4. The largest absolute Gasteiger partial charge is 0.330 e. The highest BCUT2D eigenvalue weighted by Gasteiger charge is 2.09. The molecule has 2 heterocycles. The molecule has 0 bridgehead atoms. The molecule has 2 aromatic carbocycles. The van der Waals surface area contributed by atoms with Crippen LogP contribution in [0.1, 0.15) is 6.42 Å². The van der Waals surface area contributed by atoms with Crippen LogP contribution < -0.4 is 11.1 Å². The molecule has 0 aliphatic rings. The smallest absolute Gasteiger partial charge is 0.225 e. The van der Waals surface area contributed by atoms with E-state index in [4.69, 9.17) is 10.7 Å². The van der Waals surface area contributed by atoms with Crippen molar-refractivity contribution in [3.05, 3.63) is 67.0 Å². The average Bonchev–Trinajstić information content (AvgIpc) is 3.04. The van der Waals surface area contributed by atoms with Crippen molar-refractivity contribution in [1.82, 2.24) is 9.38 Å². The second-order valence-corrected chi connectivity index (χ2v) is 5.92. The Kier molecular flexibility index (Phi) is 3.91. The molecule has 5 nitrogen and oxygen atoms in total. The number of anilines is 1. The van der Waals surface area contributed by atoms with Crippen LogP contribution >= 0.6 is 0 Å². The van der Waals surface area contributed by atoms with E-state index in [1.165, 1.54) is 10.8 Å². The van der Waals surface area contributed by atoms with Crippen molar-refractivity contribution >= 4 is 28.0 Å². The molecular formula is C20H18N4O. The van der Waals surface area contributed by atoms with Crippen LogP contribution in [0, 0.1) is 0 Å². The number of carbonyl (C=O) groups excluding carboxylic acids is 1. The van der Waals surface area contributed by atoms with Gasteiger partial charge in [-0.2, -0.15) is 0 Å². The Balaban J connectivity index is 1.75. The van der Waals surface area contributed by atoms with Crippen LogP contribution in [0.2, 0.25) is 0 Å². The maximum atomic E-state index is 11.7. The van der Waals surface area contributed by atoms with Gasteiger partial charge in [-0.15, -0.1) is 0 Å². The standard InChI is InChI=1S/C20H18N4O/c21-11-10-20(25)22-15-8-9-19-23-18(13-24(19)12-15)17-7-3-5-14-4-1-2-6-16(14)17/h1-9,12-13H,10-11,21H2,(H,22,25). The van der Waals surface area contributed by atoms with Gasteiger partial charge in [0.2, 0.25) is 5.91 Å². The van der Waals surface area contributed by atoms with Crippen LogP contribution in [-0.2, 0) is 4.79 Å². The predicted octanol–water partition coefficient (Wildman–Crippen LogP) is 3.44. The summed E-state index contributed by atoms with van der Waals surface area (Å²) < 4.78 is 1.93. The van der Waals surface area contributed by atoms with Crippen molar-refractivity contribution in [1.29, 1.82) is 0 Å². The van der Waals surface area contributed by atoms with E-state index in [0.29, 0.717) is 13.0 Å². The average molecular weight is 330 g/mol. The first-order chi connectivity index (χ1) is 12.2. The number of nitrogens with zero attached hydrogens (tertiary/aromatic N) is 2. The highest BCUT2D eigenvalue weighted by molar-refractivity contribution is 5.96. The summed E-state index contributed by atoms with van der Waals surface area (Å²) in [5.74, 6) is -0.0868. The minimum absolute atomic E-state index is 0.0868. The Hall–Kier alpha value is -3.18. The van der Waals surface area contributed by atoms with Crippen LogP contribution in [0.3, 0.4) is 0 Å². The third-order valence-electron chi connectivity index (χ3n) is 4.17. The Bertz CT molecular complexity index is 1060. The highest BCUT2D eigenvalue weighted by atomic mass is 16.1. The van der Waals surface area contributed by atoms with Crippen molar-refractivity contribution in [2.75, 3.05) is 11.9 Å². The van der Waals surface area contributed by atoms with E-state index in [1.54, 1.807) is 0 Å². The number of aromatic nitrogens is 2. The van der Waals surface area contributed by atoms with Gasteiger partial charge in [-0.1, -0.05) is 42.5 Å². The molecule has 25 heavy (non-hydrogen) atoms. The summed E-state index contributed by atoms with van der Waals surface area (Å²) in [5, 5.41) is 5.20. The summed E-state index contributed by atoms with van der Waals surface area (Å²) in [6.45, 7) is 0.338. The first-order valence-corrected chi connectivity index (χ1v) is 8.21.